The highest BCUT2D eigenvalue weighted by atomic mass is 16.5. The van der Waals surface area contributed by atoms with Crippen LogP contribution in [0.3, 0.4) is 0 Å². The molecule has 7 nitrogen and oxygen atoms in total. The Kier molecular flexibility index (Phi) is 4.93. The van der Waals surface area contributed by atoms with Gasteiger partial charge in [0.1, 0.15) is 5.75 Å². The molecule has 0 bridgehead atoms. The number of carbonyl (C=O) groups excluding carboxylic acids is 1. The van der Waals surface area contributed by atoms with Crippen molar-refractivity contribution < 1.29 is 9.53 Å². The van der Waals surface area contributed by atoms with E-state index in [1.807, 2.05) is 0 Å². The second kappa shape index (κ2) is 7.08. The molecule has 0 unspecified atom stereocenters. The lowest BCUT2D eigenvalue weighted by atomic mass is 10.0. The standard InChI is InChI=1S/C16H17N5O2/c1-23-11-8-6-10(7-9-11)14(22)12-4-2-3-5-13(12)20-16(19)21-15(17)18/h2-9H,1H3,(H6,17,18,19,20,21). The van der Waals surface area contributed by atoms with Crippen molar-refractivity contribution >= 4 is 23.4 Å². The number of hydrogen-bond donors (Lipinski definition) is 3. The van der Waals surface area contributed by atoms with Gasteiger partial charge in [0, 0.05) is 11.1 Å². The van der Waals surface area contributed by atoms with Gasteiger partial charge in [-0.05, 0) is 36.4 Å². The summed E-state index contributed by atoms with van der Waals surface area (Å²) in [5.41, 5.74) is 17.4. The molecule has 0 saturated carbocycles. The molecule has 0 atom stereocenters. The third-order valence-electron chi connectivity index (χ3n) is 2.98. The van der Waals surface area contributed by atoms with E-state index in [4.69, 9.17) is 21.9 Å². The van der Waals surface area contributed by atoms with Gasteiger partial charge in [-0.2, -0.15) is 4.99 Å². The number of nitrogens with zero attached hydrogens (tertiary/aromatic N) is 2. The van der Waals surface area contributed by atoms with E-state index >= 15 is 0 Å². The van der Waals surface area contributed by atoms with Crippen LogP contribution in [0.25, 0.3) is 0 Å². The predicted molar refractivity (Wildman–Crippen MR) is 90.0 cm³/mol. The van der Waals surface area contributed by atoms with Crippen molar-refractivity contribution in [3.63, 3.8) is 0 Å². The monoisotopic (exact) mass is 311 g/mol. The molecule has 0 spiro atoms. The molecule has 0 aliphatic rings. The van der Waals surface area contributed by atoms with Gasteiger partial charge in [0.2, 0.25) is 5.96 Å². The van der Waals surface area contributed by atoms with Gasteiger partial charge in [-0.25, -0.2) is 4.99 Å². The predicted octanol–water partition coefficient (Wildman–Crippen LogP) is 1.15. The minimum Gasteiger partial charge on any atom is -0.497 e. The quantitative estimate of drug-likeness (QED) is 0.443. The summed E-state index contributed by atoms with van der Waals surface area (Å²) in [7, 11) is 1.56. The van der Waals surface area contributed by atoms with Gasteiger partial charge in [0.05, 0.1) is 12.8 Å². The first kappa shape index (κ1) is 16.0. The zero-order chi connectivity index (χ0) is 16.8. The fourth-order valence-corrected chi connectivity index (χ4v) is 1.94. The molecule has 0 radical (unpaired) electrons. The smallest absolute Gasteiger partial charge is 0.223 e. The molecule has 2 rings (SSSR count). The van der Waals surface area contributed by atoms with Crippen LogP contribution in [0, 0.1) is 0 Å². The first-order chi connectivity index (χ1) is 11.0. The van der Waals surface area contributed by atoms with Crippen LogP contribution in [-0.2, 0) is 0 Å². The Labute approximate surface area is 133 Å². The minimum absolute atomic E-state index is 0.125. The summed E-state index contributed by atoms with van der Waals surface area (Å²) in [5.74, 6) is 0.152. The van der Waals surface area contributed by atoms with E-state index in [1.54, 1.807) is 55.6 Å². The number of ketones is 1. The van der Waals surface area contributed by atoms with E-state index in [1.165, 1.54) is 0 Å². The van der Waals surface area contributed by atoms with Crippen molar-refractivity contribution in [2.24, 2.45) is 27.2 Å². The average Bonchev–Trinajstić information content (AvgIpc) is 2.54. The average molecular weight is 311 g/mol. The highest BCUT2D eigenvalue weighted by molar-refractivity contribution is 6.12. The largest absolute Gasteiger partial charge is 0.497 e. The molecule has 0 aliphatic heterocycles. The lowest BCUT2D eigenvalue weighted by Gasteiger charge is -2.06. The molecule has 0 saturated heterocycles. The number of aliphatic imine (C=N–C) groups is 2. The number of guanidine groups is 2. The summed E-state index contributed by atoms with van der Waals surface area (Å²) in [5, 5.41) is 0. The maximum absolute atomic E-state index is 12.6. The van der Waals surface area contributed by atoms with Crippen LogP contribution in [0.4, 0.5) is 5.69 Å². The van der Waals surface area contributed by atoms with Crippen molar-refractivity contribution in [3.05, 3.63) is 59.7 Å². The van der Waals surface area contributed by atoms with E-state index in [-0.39, 0.29) is 17.7 Å². The Bertz CT molecular complexity index is 762. The number of nitrogens with two attached hydrogens (primary N) is 3. The van der Waals surface area contributed by atoms with Gasteiger partial charge >= 0.3 is 0 Å². The highest BCUT2D eigenvalue weighted by Gasteiger charge is 2.13. The van der Waals surface area contributed by atoms with Crippen LogP contribution in [0.1, 0.15) is 15.9 Å². The van der Waals surface area contributed by atoms with Crippen molar-refractivity contribution in [3.8, 4) is 5.75 Å². The van der Waals surface area contributed by atoms with E-state index in [2.05, 4.69) is 9.98 Å². The maximum atomic E-state index is 12.6. The van der Waals surface area contributed by atoms with Gasteiger partial charge in [0.25, 0.3) is 0 Å². The molecule has 23 heavy (non-hydrogen) atoms. The molecule has 0 aliphatic carbocycles. The molecule has 2 aromatic carbocycles. The fraction of sp³-hybridized carbons (Fsp3) is 0.0625. The zero-order valence-electron chi connectivity index (χ0n) is 12.6. The van der Waals surface area contributed by atoms with Crippen LogP contribution >= 0.6 is 0 Å². The van der Waals surface area contributed by atoms with E-state index < -0.39 is 0 Å². The van der Waals surface area contributed by atoms with Gasteiger partial charge in [-0.1, -0.05) is 12.1 Å². The number of methoxy groups -OCH3 is 1. The Morgan fingerprint density at radius 3 is 2.26 bits per heavy atom. The molecule has 0 amide bonds. The molecule has 0 aromatic heterocycles. The van der Waals surface area contributed by atoms with Crippen LogP contribution in [0.2, 0.25) is 0 Å². The first-order valence-corrected chi connectivity index (χ1v) is 6.73. The number of ether oxygens (including phenoxy) is 1. The van der Waals surface area contributed by atoms with Crippen LogP contribution in [-0.4, -0.2) is 24.8 Å². The lowest BCUT2D eigenvalue weighted by Crippen LogP contribution is -2.26. The Balaban J connectivity index is 2.39. The van der Waals surface area contributed by atoms with E-state index in [0.717, 1.165) is 0 Å². The Morgan fingerprint density at radius 2 is 1.65 bits per heavy atom. The van der Waals surface area contributed by atoms with Crippen molar-refractivity contribution in [1.82, 2.24) is 0 Å². The molecule has 7 heteroatoms. The number of rotatable bonds is 4. The van der Waals surface area contributed by atoms with Crippen molar-refractivity contribution in [2.45, 2.75) is 0 Å². The minimum atomic E-state index is -0.204. The topological polar surface area (TPSA) is 129 Å². The molecular formula is C16H17N5O2. The van der Waals surface area contributed by atoms with Crippen LogP contribution < -0.4 is 21.9 Å². The van der Waals surface area contributed by atoms with Gasteiger partial charge in [-0.15, -0.1) is 0 Å². The lowest BCUT2D eigenvalue weighted by molar-refractivity contribution is 0.103. The normalized spacial score (nSPS) is 10.9. The SMILES string of the molecule is COc1ccc(C(=O)c2ccccc2N=C(N)N=C(N)N)cc1. The number of carbonyl (C=O) groups is 1. The summed E-state index contributed by atoms with van der Waals surface area (Å²) in [6, 6.07) is 13.6. The number of benzene rings is 2. The Hall–Kier alpha value is -3.35. The van der Waals surface area contributed by atoms with Crippen molar-refractivity contribution in [2.75, 3.05) is 7.11 Å². The third-order valence-corrected chi connectivity index (χ3v) is 2.98. The first-order valence-electron chi connectivity index (χ1n) is 6.73. The number of para-hydroxylation sites is 1. The summed E-state index contributed by atoms with van der Waals surface area (Å²) >= 11 is 0. The molecule has 2 aromatic rings. The summed E-state index contributed by atoms with van der Waals surface area (Å²) in [4.78, 5) is 20.4. The zero-order valence-corrected chi connectivity index (χ0v) is 12.6. The summed E-state index contributed by atoms with van der Waals surface area (Å²) < 4.78 is 5.08. The summed E-state index contributed by atoms with van der Waals surface area (Å²) in [6.07, 6.45) is 0. The molecule has 0 fully saturated rings. The molecular weight excluding hydrogens is 294 g/mol. The third kappa shape index (κ3) is 4.07. The Morgan fingerprint density at radius 1 is 1.00 bits per heavy atom. The maximum Gasteiger partial charge on any atom is 0.223 e. The van der Waals surface area contributed by atoms with Gasteiger partial charge in [0.15, 0.2) is 11.7 Å². The molecule has 6 N–H and O–H groups in total. The van der Waals surface area contributed by atoms with E-state index in [0.29, 0.717) is 22.6 Å². The second-order valence-corrected chi connectivity index (χ2v) is 4.58. The van der Waals surface area contributed by atoms with E-state index in [9.17, 15) is 4.79 Å². The van der Waals surface area contributed by atoms with Gasteiger partial charge < -0.3 is 21.9 Å². The fourth-order valence-electron chi connectivity index (χ4n) is 1.94. The summed E-state index contributed by atoms with van der Waals surface area (Å²) in [6.45, 7) is 0. The second-order valence-electron chi connectivity index (χ2n) is 4.58. The van der Waals surface area contributed by atoms with Crippen LogP contribution in [0.15, 0.2) is 58.5 Å². The molecule has 0 heterocycles. The molecule has 118 valence electrons. The van der Waals surface area contributed by atoms with Gasteiger partial charge in [-0.3, -0.25) is 4.79 Å². The highest BCUT2D eigenvalue weighted by Crippen LogP contribution is 2.23. The van der Waals surface area contributed by atoms with Crippen LogP contribution in [0.5, 0.6) is 5.75 Å². The van der Waals surface area contributed by atoms with Crippen molar-refractivity contribution in [1.29, 1.82) is 0 Å². The number of hydrogen-bond acceptors (Lipinski definition) is 3.